The molecule has 82 valence electrons. The molecule has 0 aliphatic heterocycles. The molecule has 1 amide bonds. The van der Waals surface area contributed by atoms with Crippen LogP contribution in [-0.2, 0) is 6.42 Å². The number of aliphatic hydroxyl groups is 1. The number of aromatic hydroxyl groups is 1. The van der Waals surface area contributed by atoms with Crippen molar-refractivity contribution < 1.29 is 15.0 Å². The molecule has 15 heavy (non-hydrogen) atoms. The van der Waals surface area contributed by atoms with Crippen LogP contribution in [0.2, 0.25) is 0 Å². The number of hydrogen-bond donors (Lipinski definition) is 3. The zero-order chi connectivity index (χ0) is 11.3. The van der Waals surface area contributed by atoms with Gasteiger partial charge >= 0.3 is 0 Å². The van der Waals surface area contributed by atoms with Gasteiger partial charge in [-0.15, -0.1) is 0 Å². The number of aliphatic hydroxyl groups excluding tert-OH is 1. The molecule has 1 rings (SSSR count). The average molecular weight is 209 g/mol. The monoisotopic (exact) mass is 209 g/mol. The second kappa shape index (κ2) is 5.36. The van der Waals surface area contributed by atoms with Gasteiger partial charge in [-0.1, -0.05) is 19.1 Å². The first-order valence-electron chi connectivity index (χ1n) is 4.90. The molecule has 0 heterocycles. The lowest BCUT2D eigenvalue weighted by molar-refractivity contribution is 0.0942. The highest BCUT2D eigenvalue weighted by molar-refractivity contribution is 5.97. The number of nitrogens with one attached hydrogen (secondary N) is 1. The van der Waals surface area contributed by atoms with E-state index in [0.29, 0.717) is 6.42 Å². The van der Waals surface area contributed by atoms with Crippen molar-refractivity contribution in [3.63, 3.8) is 0 Å². The molecule has 0 spiro atoms. The Hall–Kier alpha value is -1.55. The Bertz CT molecular complexity index is 350. The molecule has 0 bridgehead atoms. The zero-order valence-electron chi connectivity index (χ0n) is 8.66. The van der Waals surface area contributed by atoms with E-state index in [1.54, 1.807) is 18.2 Å². The van der Waals surface area contributed by atoms with Crippen molar-refractivity contribution in [1.29, 1.82) is 0 Å². The summed E-state index contributed by atoms with van der Waals surface area (Å²) in [4.78, 5) is 11.5. The van der Waals surface area contributed by atoms with Gasteiger partial charge in [-0.05, 0) is 18.1 Å². The van der Waals surface area contributed by atoms with Crippen LogP contribution in [0.15, 0.2) is 18.2 Å². The van der Waals surface area contributed by atoms with E-state index in [9.17, 15) is 9.90 Å². The van der Waals surface area contributed by atoms with Crippen LogP contribution in [0.25, 0.3) is 0 Å². The summed E-state index contributed by atoms with van der Waals surface area (Å²) < 4.78 is 0. The summed E-state index contributed by atoms with van der Waals surface area (Å²) in [6, 6.07) is 5.06. The summed E-state index contributed by atoms with van der Waals surface area (Å²) in [6.45, 7) is 1.99. The molecule has 0 fully saturated rings. The van der Waals surface area contributed by atoms with E-state index in [1.165, 1.54) is 0 Å². The van der Waals surface area contributed by atoms with Gasteiger partial charge < -0.3 is 15.5 Å². The van der Waals surface area contributed by atoms with Crippen LogP contribution in [0.4, 0.5) is 0 Å². The van der Waals surface area contributed by atoms with Crippen LogP contribution >= 0.6 is 0 Å². The molecule has 0 aliphatic rings. The van der Waals surface area contributed by atoms with Gasteiger partial charge in [0.1, 0.15) is 5.75 Å². The van der Waals surface area contributed by atoms with Gasteiger partial charge in [0.25, 0.3) is 5.91 Å². The van der Waals surface area contributed by atoms with Gasteiger partial charge in [0, 0.05) is 6.54 Å². The summed E-state index contributed by atoms with van der Waals surface area (Å²) >= 11 is 0. The number of para-hydroxylation sites is 1. The van der Waals surface area contributed by atoms with Crippen LogP contribution in [0.1, 0.15) is 22.8 Å². The van der Waals surface area contributed by atoms with Crippen molar-refractivity contribution in [2.75, 3.05) is 13.2 Å². The molecule has 4 heteroatoms. The molecule has 0 unspecified atom stereocenters. The van der Waals surface area contributed by atoms with E-state index >= 15 is 0 Å². The third-order valence-electron chi connectivity index (χ3n) is 2.14. The second-order valence-corrected chi connectivity index (χ2v) is 3.15. The lowest BCUT2D eigenvalue weighted by Crippen LogP contribution is -2.26. The number of carbonyl (C=O) groups excluding carboxylic acids is 1. The number of phenolic OH excluding ortho intramolecular Hbond substituents is 1. The van der Waals surface area contributed by atoms with E-state index in [2.05, 4.69) is 5.32 Å². The van der Waals surface area contributed by atoms with Crippen LogP contribution in [0, 0.1) is 0 Å². The van der Waals surface area contributed by atoms with Crippen molar-refractivity contribution in [3.05, 3.63) is 29.3 Å². The number of rotatable bonds is 4. The minimum atomic E-state index is -0.364. The van der Waals surface area contributed by atoms with Crippen molar-refractivity contribution in [2.45, 2.75) is 13.3 Å². The number of carbonyl (C=O) groups is 1. The first-order chi connectivity index (χ1) is 7.20. The van der Waals surface area contributed by atoms with E-state index in [4.69, 9.17) is 5.11 Å². The molecule has 0 atom stereocenters. The summed E-state index contributed by atoms with van der Waals surface area (Å²) in [5.74, 6) is -0.340. The molecule has 0 aromatic heterocycles. The van der Waals surface area contributed by atoms with Crippen molar-refractivity contribution in [1.82, 2.24) is 5.32 Å². The fourth-order valence-corrected chi connectivity index (χ4v) is 1.32. The molecular formula is C11H15NO3. The van der Waals surface area contributed by atoms with Gasteiger partial charge in [-0.2, -0.15) is 0 Å². The highest BCUT2D eigenvalue weighted by atomic mass is 16.3. The molecule has 4 nitrogen and oxygen atoms in total. The van der Waals surface area contributed by atoms with E-state index < -0.39 is 0 Å². The first-order valence-corrected chi connectivity index (χ1v) is 4.90. The first kappa shape index (κ1) is 11.5. The Morgan fingerprint density at radius 3 is 2.80 bits per heavy atom. The van der Waals surface area contributed by atoms with Gasteiger partial charge in [0.15, 0.2) is 0 Å². The molecule has 0 radical (unpaired) electrons. The Morgan fingerprint density at radius 2 is 2.20 bits per heavy atom. The highest BCUT2D eigenvalue weighted by Crippen LogP contribution is 2.22. The van der Waals surface area contributed by atoms with Gasteiger partial charge in [-0.25, -0.2) is 0 Å². The van der Waals surface area contributed by atoms with Crippen molar-refractivity contribution >= 4 is 5.91 Å². The Balaban J connectivity index is 2.89. The maximum atomic E-state index is 11.5. The molecular weight excluding hydrogens is 194 g/mol. The average Bonchev–Trinajstić information content (AvgIpc) is 2.26. The molecule has 0 saturated heterocycles. The minimum absolute atomic E-state index is 0.0236. The highest BCUT2D eigenvalue weighted by Gasteiger charge is 2.12. The third kappa shape index (κ3) is 2.70. The van der Waals surface area contributed by atoms with Crippen LogP contribution in [0.5, 0.6) is 5.75 Å². The Morgan fingerprint density at radius 1 is 1.47 bits per heavy atom. The van der Waals surface area contributed by atoms with E-state index in [0.717, 1.165) is 5.56 Å². The molecule has 1 aromatic carbocycles. The summed E-state index contributed by atoms with van der Waals surface area (Å²) in [6.07, 6.45) is 0.674. The maximum absolute atomic E-state index is 11.5. The van der Waals surface area contributed by atoms with Crippen molar-refractivity contribution in [3.8, 4) is 5.75 Å². The Kier molecular flexibility index (Phi) is 4.12. The van der Waals surface area contributed by atoms with Gasteiger partial charge in [0.2, 0.25) is 0 Å². The molecule has 0 saturated carbocycles. The standard InChI is InChI=1S/C11H15NO3/c1-2-8-4-3-5-9(10(8)14)11(15)12-6-7-13/h3-5,13-14H,2,6-7H2,1H3,(H,12,15). The smallest absolute Gasteiger partial charge is 0.255 e. The van der Waals surface area contributed by atoms with Crippen LogP contribution in [-0.4, -0.2) is 29.3 Å². The lowest BCUT2D eigenvalue weighted by Gasteiger charge is -2.08. The van der Waals surface area contributed by atoms with E-state index in [1.807, 2.05) is 6.92 Å². The molecule has 0 aliphatic carbocycles. The van der Waals surface area contributed by atoms with Crippen LogP contribution < -0.4 is 5.32 Å². The lowest BCUT2D eigenvalue weighted by atomic mass is 10.1. The minimum Gasteiger partial charge on any atom is -0.507 e. The summed E-state index contributed by atoms with van der Waals surface area (Å²) in [5.41, 5.74) is 0.995. The quantitative estimate of drug-likeness (QED) is 0.683. The predicted octanol–water partition coefficient (Wildman–Crippen LogP) is 0.677. The Labute approximate surface area is 88.6 Å². The fourth-order valence-electron chi connectivity index (χ4n) is 1.32. The normalized spacial score (nSPS) is 10.0. The summed E-state index contributed by atoms with van der Waals surface area (Å²) in [7, 11) is 0. The van der Waals surface area contributed by atoms with E-state index in [-0.39, 0.29) is 30.4 Å². The number of hydrogen-bond acceptors (Lipinski definition) is 3. The number of aryl methyl sites for hydroxylation is 1. The zero-order valence-corrected chi connectivity index (χ0v) is 8.66. The van der Waals surface area contributed by atoms with Crippen LogP contribution in [0.3, 0.4) is 0 Å². The van der Waals surface area contributed by atoms with Gasteiger partial charge in [0.05, 0.1) is 12.2 Å². The second-order valence-electron chi connectivity index (χ2n) is 3.15. The maximum Gasteiger partial charge on any atom is 0.255 e. The predicted molar refractivity (Wildman–Crippen MR) is 56.9 cm³/mol. The third-order valence-corrected chi connectivity index (χ3v) is 2.14. The fraction of sp³-hybridized carbons (Fsp3) is 0.364. The number of benzene rings is 1. The topological polar surface area (TPSA) is 69.6 Å². The SMILES string of the molecule is CCc1cccc(C(=O)NCCO)c1O. The summed E-state index contributed by atoms with van der Waals surface area (Å²) in [5, 5.41) is 20.8. The van der Waals surface area contributed by atoms with Gasteiger partial charge in [-0.3, -0.25) is 4.79 Å². The molecule has 3 N–H and O–H groups in total. The van der Waals surface area contributed by atoms with Crippen molar-refractivity contribution in [2.24, 2.45) is 0 Å². The number of amides is 1. The largest absolute Gasteiger partial charge is 0.507 e. The number of phenols is 1. The molecule has 1 aromatic rings.